The van der Waals surface area contributed by atoms with Gasteiger partial charge in [0.2, 0.25) is 5.88 Å². The van der Waals surface area contributed by atoms with Crippen molar-refractivity contribution in [3.8, 4) is 11.9 Å². The highest BCUT2D eigenvalue weighted by Gasteiger charge is 2.17. The zero-order chi connectivity index (χ0) is 15.2. The number of nitrogens with zero attached hydrogens (tertiary/aromatic N) is 2. The first-order valence-corrected chi connectivity index (χ1v) is 6.55. The van der Waals surface area contributed by atoms with Crippen molar-refractivity contribution < 1.29 is 9.47 Å². The Kier molecular flexibility index (Phi) is 4.72. The highest BCUT2D eigenvalue weighted by Crippen LogP contribution is 2.30. The Morgan fingerprint density at radius 1 is 1.14 bits per heavy atom. The zero-order valence-corrected chi connectivity index (χ0v) is 12.3. The second-order valence-corrected chi connectivity index (χ2v) is 4.38. The van der Waals surface area contributed by atoms with Gasteiger partial charge in [0, 0.05) is 11.1 Å². The van der Waals surface area contributed by atoms with E-state index in [4.69, 9.17) is 9.47 Å². The molecule has 0 atom stereocenters. The minimum Gasteiger partial charge on any atom is -0.481 e. The van der Waals surface area contributed by atoms with Gasteiger partial charge in [0.15, 0.2) is 0 Å². The smallest absolute Gasteiger partial charge is 0.320 e. The fourth-order valence-corrected chi connectivity index (χ4v) is 2.06. The van der Waals surface area contributed by atoms with Gasteiger partial charge in [-0.3, -0.25) is 0 Å². The van der Waals surface area contributed by atoms with Gasteiger partial charge in [-0.05, 0) is 12.0 Å². The summed E-state index contributed by atoms with van der Waals surface area (Å²) in [4.78, 5) is 8.65. The summed E-state index contributed by atoms with van der Waals surface area (Å²) in [6, 6.07) is 10.1. The standard InChI is InChI=1S/C17H18N2O2/c1-5-9-14-15(12(2)13-10-7-6-8-11-13)18-17(21-4)19-16(14)20-3/h5-8,10-11H,1-2,9H2,3-4H3. The molecule has 0 saturated heterocycles. The van der Waals surface area contributed by atoms with E-state index >= 15 is 0 Å². The van der Waals surface area contributed by atoms with Crippen LogP contribution in [0.2, 0.25) is 0 Å². The Morgan fingerprint density at radius 2 is 1.86 bits per heavy atom. The molecule has 1 aromatic heterocycles. The van der Waals surface area contributed by atoms with Crippen LogP contribution in [0.25, 0.3) is 5.57 Å². The van der Waals surface area contributed by atoms with Crippen molar-refractivity contribution in [2.75, 3.05) is 14.2 Å². The van der Waals surface area contributed by atoms with Crippen LogP contribution in [0.15, 0.2) is 49.6 Å². The minimum atomic E-state index is 0.256. The maximum atomic E-state index is 5.35. The Bertz CT molecular complexity index is 651. The van der Waals surface area contributed by atoms with E-state index in [-0.39, 0.29) is 6.01 Å². The van der Waals surface area contributed by atoms with Crippen LogP contribution in [0, 0.1) is 0 Å². The van der Waals surface area contributed by atoms with Crippen molar-refractivity contribution in [2.24, 2.45) is 0 Å². The third-order valence-electron chi connectivity index (χ3n) is 3.08. The predicted octanol–water partition coefficient (Wildman–Crippen LogP) is 3.28. The molecule has 21 heavy (non-hydrogen) atoms. The van der Waals surface area contributed by atoms with E-state index in [9.17, 15) is 0 Å². The molecule has 1 heterocycles. The fraction of sp³-hybridized carbons (Fsp3) is 0.176. The number of allylic oxidation sites excluding steroid dienone is 1. The summed E-state index contributed by atoms with van der Waals surface area (Å²) >= 11 is 0. The van der Waals surface area contributed by atoms with E-state index in [1.165, 1.54) is 7.11 Å². The highest BCUT2D eigenvalue weighted by atomic mass is 16.5. The van der Waals surface area contributed by atoms with Crippen molar-refractivity contribution in [2.45, 2.75) is 6.42 Å². The van der Waals surface area contributed by atoms with E-state index in [1.54, 1.807) is 13.2 Å². The molecule has 4 heteroatoms. The molecular weight excluding hydrogens is 264 g/mol. The monoisotopic (exact) mass is 282 g/mol. The highest BCUT2D eigenvalue weighted by molar-refractivity contribution is 5.78. The number of hydrogen-bond donors (Lipinski definition) is 0. The summed E-state index contributed by atoms with van der Waals surface area (Å²) in [6.45, 7) is 7.93. The van der Waals surface area contributed by atoms with Gasteiger partial charge in [-0.25, -0.2) is 0 Å². The molecule has 0 aliphatic heterocycles. The molecule has 0 aliphatic carbocycles. The number of rotatable bonds is 6. The number of ether oxygens (including phenoxy) is 2. The number of aromatic nitrogens is 2. The largest absolute Gasteiger partial charge is 0.481 e. The third kappa shape index (κ3) is 3.11. The zero-order valence-electron chi connectivity index (χ0n) is 12.3. The van der Waals surface area contributed by atoms with Crippen molar-refractivity contribution in [3.63, 3.8) is 0 Å². The lowest BCUT2D eigenvalue weighted by atomic mass is 9.99. The molecule has 0 amide bonds. The average molecular weight is 282 g/mol. The molecule has 0 bridgehead atoms. The Hall–Kier alpha value is -2.62. The Labute approximate surface area is 124 Å². The maximum absolute atomic E-state index is 5.35. The van der Waals surface area contributed by atoms with Crippen LogP contribution in [-0.4, -0.2) is 24.2 Å². The van der Waals surface area contributed by atoms with Crippen LogP contribution < -0.4 is 9.47 Å². The van der Waals surface area contributed by atoms with Crippen molar-refractivity contribution in [1.82, 2.24) is 9.97 Å². The fourth-order valence-electron chi connectivity index (χ4n) is 2.06. The van der Waals surface area contributed by atoms with Gasteiger partial charge in [0.25, 0.3) is 0 Å². The second-order valence-electron chi connectivity index (χ2n) is 4.38. The third-order valence-corrected chi connectivity index (χ3v) is 3.08. The summed E-state index contributed by atoms with van der Waals surface area (Å²) in [7, 11) is 3.10. The quantitative estimate of drug-likeness (QED) is 0.763. The SMILES string of the molecule is C=CCc1c(OC)nc(OC)nc1C(=C)c1ccccc1. The predicted molar refractivity (Wildman–Crippen MR) is 83.6 cm³/mol. The van der Waals surface area contributed by atoms with Gasteiger partial charge in [-0.1, -0.05) is 43.0 Å². The van der Waals surface area contributed by atoms with Gasteiger partial charge in [-0.2, -0.15) is 9.97 Å². The number of hydrogen-bond acceptors (Lipinski definition) is 4. The van der Waals surface area contributed by atoms with Crippen LogP contribution in [0.1, 0.15) is 16.8 Å². The first-order chi connectivity index (χ1) is 10.2. The lowest BCUT2D eigenvalue weighted by Gasteiger charge is -2.14. The summed E-state index contributed by atoms with van der Waals surface area (Å²) in [6.07, 6.45) is 2.38. The van der Waals surface area contributed by atoms with Gasteiger partial charge >= 0.3 is 6.01 Å². The van der Waals surface area contributed by atoms with Crippen LogP contribution in [0.3, 0.4) is 0 Å². The molecule has 0 spiro atoms. The Balaban J connectivity index is 2.59. The van der Waals surface area contributed by atoms with E-state index in [0.29, 0.717) is 18.0 Å². The molecule has 2 rings (SSSR count). The second kappa shape index (κ2) is 6.70. The number of methoxy groups -OCH3 is 2. The van der Waals surface area contributed by atoms with Gasteiger partial charge in [0.1, 0.15) is 0 Å². The van der Waals surface area contributed by atoms with Crippen molar-refractivity contribution in [1.29, 1.82) is 0 Å². The summed E-state index contributed by atoms with van der Waals surface area (Å²) in [5.74, 6) is 0.480. The molecular formula is C17H18N2O2. The molecule has 0 aliphatic rings. The molecule has 108 valence electrons. The molecule has 4 nitrogen and oxygen atoms in total. The molecule has 0 saturated carbocycles. The Morgan fingerprint density at radius 3 is 2.43 bits per heavy atom. The summed E-state index contributed by atoms with van der Waals surface area (Å²) in [5, 5.41) is 0. The molecule has 1 aromatic carbocycles. The summed E-state index contributed by atoms with van der Waals surface area (Å²) in [5.41, 5.74) is 3.35. The van der Waals surface area contributed by atoms with Gasteiger partial charge in [-0.15, -0.1) is 6.58 Å². The van der Waals surface area contributed by atoms with Crippen LogP contribution in [0.5, 0.6) is 11.9 Å². The molecule has 0 radical (unpaired) electrons. The van der Waals surface area contributed by atoms with Crippen LogP contribution >= 0.6 is 0 Å². The van der Waals surface area contributed by atoms with E-state index in [1.807, 2.05) is 30.3 Å². The average Bonchev–Trinajstić information content (AvgIpc) is 2.55. The van der Waals surface area contributed by atoms with Crippen LogP contribution in [0.4, 0.5) is 0 Å². The molecule has 0 fully saturated rings. The first kappa shape index (κ1) is 14.8. The molecule has 0 N–H and O–H groups in total. The van der Waals surface area contributed by atoms with E-state index in [0.717, 1.165) is 16.7 Å². The number of benzene rings is 1. The van der Waals surface area contributed by atoms with Gasteiger partial charge < -0.3 is 9.47 Å². The minimum absolute atomic E-state index is 0.256. The lowest BCUT2D eigenvalue weighted by molar-refractivity contribution is 0.349. The first-order valence-electron chi connectivity index (χ1n) is 6.55. The van der Waals surface area contributed by atoms with Gasteiger partial charge in [0.05, 0.1) is 19.9 Å². The van der Waals surface area contributed by atoms with Crippen molar-refractivity contribution >= 4 is 5.57 Å². The topological polar surface area (TPSA) is 44.2 Å². The van der Waals surface area contributed by atoms with E-state index < -0.39 is 0 Å². The van der Waals surface area contributed by atoms with E-state index in [2.05, 4.69) is 23.1 Å². The molecule has 0 unspecified atom stereocenters. The normalized spacial score (nSPS) is 10.0. The van der Waals surface area contributed by atoms with Crippen LogP contribution in [-0.2, 0) is 6.42 Å². The summed E-state index contributed by atoms with van der Waals surface area (Å²) < 4.78 is 10.5. The lowest BCUT2D eigenvalue weighted by Crippen LogP contribution is -2.06. The van der Waals surface area contributed by atoms with Crippen molar-refractivity contribution in [3.05, 3.63) is 66.4 Å². The molecule has 2 aromatic rings. The maximum Gasteiger partial charge on any atom is 0.320 e.